The lowest BCUT2D eigenvalue weighted by molar-refractivity contribution is 1.02. The molecule has 49 heavy (non-hydrogen) atoms. The molecule has 0 spiro atoms. The summed E-state index contributed by atoms with van der Waals surface area (Å²) >= 11 is 0. The van der Waals surface area contributed by atoms with Gasteiger partial charge in [0.25, 0.3) is 0 Å². The molecule has 7 aromatic carbocycles. The number of fused-ring (bicyclic) bond motifs is 11. The molecular formula is C45H26N4. The molecule has 0 fully saturated rings. The van der Waals surface area contributed by atoms with Crippen molar-refractivity contribution in [1.82, 2.24) is 19.5 Å². The van der Waals surface area contributed by atoms with Gasteiger partial charge in [0.05, 0.1) is 22.2 Å². The number of pyridine rings is 1. The van der Waals surface area contributed by atoms with Gasteiger partial charge >= 0.3 is 0 Å². The van der Waals surface area contributed by atoms with E-state index in [2.05, 4.69) is 149 Å². The third kappa shape index (κ3) is 3.71. The highest BCUT2D eigenvalue weighted by atomic mass is 15.2. The monoisotopic (exact) mass is 622 g/mol. The van der Waals surface area contributed by atoms with Gasteiger partial charge in [-0.25, -0.2) is 9.97 Å². The van der Waals surface area contributed by atoms with Gasteiger partial charge in [-0.3, -0.25) is 9.55 Å². The molecule has 4 nitrogen and oxygen atoms in total. The highest BCUT2D eigenvalue weighted by Gasteiger charge is 2.25. The molecule has 10 aromatic rings. The van der Waals surface area contributed by atoms with Crippen LogP contribution in [0.4, 0.5) is 0 Å². The summed E-state index contributed by atoms with van der Waals surface area (Å²) in [6.45, 7) is 0. The maximum atomic E-state index is 5.41. The van der Waals surface area contributed by atoms with Gasteiger partial charge in [-0.05, 0) is 74.3 Å². The summed E-state index contributed by atoms with van der Waals surface area (Å²) in [5, 5.41) is 8.15. The van der Waals surface area contributed by atoms with E-state index in [1.165, 1.54) is 43.8 Å². The van der Waals surface area contributed by atoms with Crippen molar-refractivity contribution in [3.63, 3.8) is 0 Å². The summed E-state index contributed by atoms with van der Waals surface area (Å²) < 4.78 is 2.26. The van der Waals surface area contributed by atoms with E-state index in [1.807, 2.05) is 18.5 Å². The molecule has 1 aliphatic carbocycles. The topological polar surface area (TPSA) is 43.6 Å². The Labute approximate surface area is 281 Å². The zero-order chi connectivity index (χ0) is 32.1. The molecule has 3 aromatic heterocycles. The van der Waals surface area contributed by atoms with E-state index in [0.717, 1.165) is 55.1 Å². The first kappa shape index (κ1) is 26.4. The highest BCUT2D eigenvalue weighted by Crippen LogP contribution is 2.49. The van der Waals surface area contributed by atoms with Crippen LogP contribution in [-0.4, -0.2) is 19.5 Å². The normalized spacial score (nSPS) is 12.1. The number of hydrogen-bond donors (Lipinski definition) is 0. The van der Waals surface area contributed by atoms with Crippen LogP contribution in [0, 0.1) is 0 Å². The zero-order valence-electron chi connectivity index (χ0n) is 26.3. The van der Waals surface area contributed by atoms with Gasteiger partial charge in [-0.15, -0.1) is 0 Å². The van der Waals surface area contributed by atoms with Crippen molar-refractivity contribution in [3.05, 3.63) is 158 Å². The second kappa shape index (κ2) is 9.93. The number of nitrogens with zero attached hydrogens (tertiary/aromatic N) is 4. The van der Waals surface area contributed by atoms with E-state index in [1.54, 1.807) is 0 Å². The molecule has 0 bridgehead atoms. The minimum Gasteiger partial charge on any atom is -0.278 e. The van der Waals surface area contributed by atoms with Crippen LogP contribution in [0.5, 0.6) is 0 Å². The Bertz CT molecular complexity index is 2990. The van der Waals surface area contributed by atoms with Gasteiger partial charge in [0.15, 0.2) is 0 Å². The molecule has 0 radical (unpaired) electrons. The maximum Gasteiger partial charge on any atom is 0.235 e. The van der Waals surface area contributed by atoms with Crippen molar-refractivity contribution in [2.75, 3.05) is 0 Å². The van der Waals surface area contributed by atoms with Crippen LogP contribution in [-0.2, 0) is 0 Å². The second-order valence-corrected chi connectivity index (χ2v) is 12.8. The molecular weight excluding hydrogens is 597 g/mol. The van der Waals surface area contributed by atoms with Crippen LogP contribution in [0.1, 0.15) is 0 Å². The van der Waals surface area contributed by atoms with E-state index in [0.29, 0.717) is 5.95 Å². The van der Waals surface area contributed by atoms with E-state index >= 15 is 0 Å². The van der Waals surface area contributed by atoms with Crippen molar-refractivity contribution >= 4 is 54.3 Å². The number of hydrogen-bond acceptors (Lipinski definition) is 3. The first-order valence-corrected chi connectivity index (χ1v) is 16.6. The lowest BCUT2D eigenvalue weighted by Gasteiger charge is -2.15. The van der Waals surface area contributed by atoms with Gasteiger partial charge in [0.2, 0.25) is 5.95 Å². The van der Waals surface area contributed by atoms with Crippen LogP contribution in [0.15, 0.2) is 158 Å². The molecule has 3 heterocycles. The second-order valence-electron chi connectivity index (χ2n) is 12.8. The van der Waals surface area contributed by atoms with Crippen LogP contribution in [0.3, 0.4) is 0 Å². The minimum atomic E-state index is 0.652. The Balaban J connectivity index is 1.30. The van der Waals surface area contributed by atoms with Gasteiger partial charge in [-0.2, -0.15) is 0 Å². The fraction of sp³-hybridized carbons (Fsp3) is 0. The first-order chi connectivity index (χ1) is 24.3. The molecule has 0 aliphatic heterocycles. The van der Waals surface area contributed by atoms with Gasteiger partial charge < -0.3 is 0 Å². The fourth-order valence-corrected chi connectivity index (χ4v) is 8.08. The fourth-order valence-electron chi connectivity index (χ4n) is 8.08. The summed E-state index contributed by atoms with van der Waals surface area (Å²) in [5.74, 6) is 0.652. The molecule has 0 unspecified atom stereocenters. The van der Waals surface area contributed by atoms with E-state index in [4.69, 9.17) is 9.97 Å². The van der Waals surface area contributed by atoms with Crippen molar-refractivity contribution in [3.8, 4) is 50.6 Å². The summed E-state index contributed by atoms with van der Waals surface area (Å²) in [7, 11) is 0. The highest BCUT2D eigenvalue weighted by molar-refractivity contribution is 6.18. The Hall–Kier alpha value is -6.65. The quantitative estimate of drug-likeness (QED) is 0.180. The minimum absolute atomic E-state index is 0.652. The van der Waals surface area contributed by atoms with Gasteiger partial charge in [0, 0.05) is 45.1 Å². The standard InChI is InChI=1S/C45H26N4/c1-2-11-29(12-3-1)43-35-21-20-27-10-4-5-15-30(27)44(35)48-45(47-43)49-40-19-7-6-16-32(40)38-24-36-34-18-9-14-28-13-8-17-33(42(28)34)31-22-23-46-26-39(31)37(36)25-41(38)49/h1-26H. The predicted octanol–water partition coefficient (Wildman–Crippen LogP) is 11.4. The van der Waals surface area contributed by atoms with Crippen molar-refractivity contribution in [2.45, 2.75) is 0 Å². The smallest absolute Gasteiger partial charge is 0.235 e. The molecule has 0 amide bonds. The zero-order valence-corrected chi connectivity index (χ0v) is 26.3. The molecule has 0 N–H and O–H groups in total. The molecule has 4 heteroatoms. The first-order valence-electron chi connectivity index (χ1n) is 16.6. The SMILES string of the molecule is c1ccc(-c2nc(-n3c4ccccc4c4cc5c(cc43)-c3cnccc3-c3cccc4cccc-5c34)nc3c2ccc2ccccc23)cc1. The van der Waals surface area contributed by atoms with E-state index < -0.39 is 0 Å². The molecule has 11 rings (SSSR count). The third-order valence-corrected chi connectivity index (χ3v) is 10.2. The summed E-state index contributed by atoms with van der Waals surface area (Å²) in [6.07, 6.45) is 3.92. The molecule has 0 saturated heterocycles. The summed E-state index contributed by atoms with van der Waals surface area (Å²) in [6, 6.07) is 52.0. The van der Waals surface area contributed by atoms with E-state index in [-0.39, 0.29) is 0 Å². The number of para-hydroxylation sites is 1. The molecule has 226 valence electrons. The Morgan fingerprint density at radius 2 is 1.16 bits per heavy atom. The number of rotatable bonds is 2. The average molecular weight is 623 g/mol. The van der Waals surface area contributed by atoms with Crippen LogP contribution >= 0.6 is 0 Å². The Kier molecular flexibility index (Phi) is 5.35. The predicted molar refractivity (Wildman–Crippen MR) is 202 cm³/mol. The Morgan fingerprint density at radius 1 is 0.429 bits per heavy atom. The van der Waals surface area contributed by atoms with Crippen molar-refractivity contribution < 1.29 is 0 Å². The molecule has 1 aliphatic rings. The van der Waals surface area contributed by atoms with Gasteiger partial charge in [0.1, 0.15) is 0 Å². The van der Waals surface area contributed by atoms with Crippen molar-refractivity contribution in [2.24, 2.45) is 0 Å². The van der Waals surface area contributed by atoms with E-state index in [9.17, 15) is 0 Å². The lowest BCUT2D eigenvalue weighted by atomic mass is 9.92. The van der Waals surface area contributed by atoms with Crippen LogP contribution in [0.25, 0.3) is 105 Å². The lowest BCUT2D eigenvalue weighted by Crippen LogP contribution is -2.04. The Morgan fingerprint density at radius 3 is 2.04 bits per heavy atom. The summed E-state index contributed by atoms with van der Waals surface area (Å²) in [4.78, 5) is 15.5. The summed E-state index contributed by atoms with van der Waals surface area (Å²) in [5.41, 5.74) is 12.2. The van der Waals surface area contributed by atoms with Crippen LogP contribution in [0.2, 0.25) is 0 Å². The maximum absolute atomic E-state index is 5.41. The average Bonchev–Trinajstić information content (AvgIpc) is 3.44. The van der Waals surface area contributed by atoms with Gasteiger partial charge in [-0.1, -0.05) is 115 Å². The molecule has 0 saturated carbocycles. The number of aromatic nitrogens is 4. The molecule has 0 atom stereocenters. The van der Waals surface area contributed by atoms with Crippen molar-refractivity contribution in [1.29, 1.82) is 0 Å². The van der Waals surface area contributed by atoms with Crippen LogP contribution < -0.4 is 0 Å². The third-order valence-electron chi connectivity index (χ3n) is 10.2. The largest absolute Gasteiger partial charge is 0.278 e. The number of benzene rings is 7.